The van der Waals surface area contributed by atoms with Gasteiger partial charge in [-0.3, -0.25) is 0 Å². The fourth-order valence-corrected chi connectivity index (χ4v) is 1.41. The van der Waals surface area contributed by atoms with E-state index in [1.54, 1.807) is 0 Å². The van der Waals surface area contributed by atoms with Crippen LogP contribution < -0.4 is 0 Å². The average molecular weight is 246 g/mol. The average Bonchev–Trinajstić information content (AvgIpc) is 2.36. The summed E-state index contributed by atoms with van der Waals surface area (Å²) in [6.45, 7) is 5.99. The molecule has 2 nitrogen and oxygen atoms in total. The summed E-state index contributed by atoms with van der Waals surface area (Å²) in [4.78, 5) is 0. The van der Waals surface area contributed by atoms with Crippen LogP contribution in [-0.2, 0) is 11.3 Å². The number of benzene rings is 1. The van der Waals surface area contributed by atoms with E-state index >= 15 is 0 Å². The van der Waals surface area contributed by atoms with E-state index < -0.39 is 0 Å². The Morgan fingerprint density at radius 2 is 1.94 bits per heavy atom. The second-order valence-corrected chi connectivity index (χ2v) is 4.71. The van der Waals surface area contributed by atoms with Gasteiger partial charge in [0.1, 0.15) is 0 Å². The van der Waals surface area contributed by atoms with Gasteiger partial charge in [-0.2, -0.15) is 0 Å². The number of ether oxygens (including phenoxy) is 1. The Hall–Kier alpha value is -1.30. The molecule has 0 saturated heterocycles. The highest BCUT2D eigenvalue weighted by Gasteiger charge is 1.96. The molecule has 0 aliphatic rings. The van der Waals surface area contributed by atoms with Gasteiger partial charge < -0.3 is 9.84 Å². The first-order chi connectivity index (χ1) is 8.72. The molecule has 18 heavy (non-hydrogen) atoms. The molecular formula is C16H22O2. The van der Waals surface area contributed by atoms with E-state index in [2.05, 4.69) is 25.7 Å². The lowest BCUT2D eigenvalue weighted by Crippen LogP contribution is -1.99. The molecule has 0 aromatic heterocycles. The van der Waals surface area contributed by atoms with Crippen molar-refractivity contribution >= 4 is 0 Å². The Balaban J connectivity index is 2.34. The SMILES string of the molecule is CC(C)CCOCc1ccc(C#CCCO)cc1. The maximum Gasteiger partial charge on any atom is 0.0716 e. The third-order valence-corrected chi connectivity index (χ3v) is 2.53. The summed E-state index contributed by atoms with van der Waals surface area (Å²) < 4.78 is 5.60. The molecule has 0 heterocycles. The van der Waals surface area contributed by atoms with E-state index in [1.807, 2.05) is 24.3 Å². The Morgan fingerprint density at radius 1 is 1.22 bits per heavy atom. The first-order valence-corrected chi connectivity index (χ1v) is 6.49. The number of aliphatic hydroxyl groups excluding tert-OH is 1. The lowest BCUT2D eigenvalue weighted by atomic mass is 10.1. The molecule has 1 aromatic rings. The minimum absolute atomic E-state index is 0.120. The van der Waals surface area contributed by atoms with Crippen molar-refractivity contribution in [3.8, 4) is 11.8 Å². The van der Waals surface area contributed by atoms with Crippen LogP contribution in [0.25, 0.3) is 0 Å². The van der Waals surface area contributed by atoms with Gasteiger partial charge in [-0.25, -0.2) is 0 Å². The molecule has 0 fully saturated rings. The van der Waals surface area contributed by atoms with Crippen LogP contribution in [0.3, 0.4) is 0 Å². The van der Waals surface area contributed by atoms with Crippen LogP contribution in [0.15, 0.2) is 24.3 Å². The van der Waals surface area contributed by atoms with Crippen molar-refractivity contribution in [3.05, 3.63) is 35.4 Å². The van der Waals surface area contributed by atoms with Crippen LogP contribution in [0.2, 0.25) is 0 Å². The van der Waals surface area contributed by atoms with Crippen molar-refractivity contribution in [2.24, 2.45) is 5.92 Å². The van der Waals surface area contributed by atoms with Crippen molar-refractivity contribution < 1.29 is 9.84 Å². The number of hydrogen-bond acceptors (Lipinski definition) is 2. The lowest BCUT2D eigenvalue weighted by molar-refractivity contribution is 0.110. The van der Waals surface area contributed by atoms with Crippen molar-refractivity contribution in [1.29, 1.82) is 0 Å². The van der Waals surface area contributed by atoms with Crippen molar-refractivity contribution in [3.63, 3.8) is 0 Å². The minimum atomic E-state index is 0.120. The normalized spacial score (nSPS) is 10.2. The topological polar surface area (TPSA) is 29.5 Å². The molecule has 2 heteroatoms. The summed E-state index contributed by atoms with van der Waals surface area (Å²) in [5.41, 5.74) is 2.15. The predicted molar refractivity (Wildman–Crippen MR) is 74.1 cm³/mol. The van der Waals surface area contributed by atoms with Crippen LogP contribution in [0.4, 0.5) is 0 Å². The second kappa shape index (κ2) is 8.74. The highest BCUT2D eigenvalue weighted by molar-refractivity contribution is 5.35. The van der Waals surface area contributed by atoms with E-state index in [-0.39, 0.29) is 6.61 Å². The maximum absolute atomic E-state index is 8.63. The Kier molecular flexibility index (Phi) is 7.17. The molecule has 1 rings (SSSR count). The van der Waals surface area contributed by atoms with Crippen LogP contribution in [0.5, 0.6) is 0 Å². The molecule has 0 unspecified atom stereocenters. The zero-order chi connectivity index (χ0) is 13.2. The molecular weight excluding hydrogens is 224 g/mol. The third kappa shape index (κ3) is 6.44. The van der Waals surface area contributed by atoms with E-state index in [0.717, 1.165) is 18.6 Å². The third-order valence-electron chi connectivity index (χ3n) is 2.53. The lowest BCUT2D eigenvalue weighted by Gasteiger charge is -2.06. The molecule has 0 saturated carbocycles. The van der Waals surface area contributed by atoms with Crippen molar-refractivity contribution in [2.45, 2.75) is 33.3 Å². The second-order valence-electron chi connectivity index (χ2n) is 4.71. The monoisotopic (exact) mass is 246 g/mol. The van der Waals surface area contributed by atoms with Gasteiger partial charge in [0.2, 0.25) is 0 Å². The molecule has 0 amide bonds. The van der Waals surface area contributed by atoms with E-state index in [1.165, 1.54) is 5.56 Å². The van der Waals surface area contributed by atoms with E-state index in [9.17, 15) is 0 Å². The van der Waals surface area contributed by atoms with Crippen LogP contribution >= 0.6 is 0 Å². The smallest absolute Gasteiger partial charge is 0.0716 e. The molecule has 1 N–H and O–H groups in total. The fraction of sp³-hybridized carbons (Fsp3) is 0.500. The van der Waals surface area contributed by atoms with Crippen LogP contribution in [-0.4, -0.2) is 18.3 Å². The molecule has 0 aliphatic carbocycles. The Bertz CT molecular complexity index is 382. The molecule has 1 aromatic carbocycles. The van der Waals surface area contributed by atoms with Gasteiger partial charge in [0, 0.05) is 18.6 Å². The first kappa shape index (κ1) is 14.8. The standard InChI is InChI=1S/C16H22O2/c1-14(2)10-12-18-13-16-8-6-15(7-9-16)5-3-4-11-17/h6-9,14,17H,4,10-13H2,1-2H3. The molecule has 0 radical (unpaired) electrons. The number of aliphatic hydroxyl groups is 1. The van der Waals surface area contributed by atoms with Gasteiger partial charge in [0.05, 0.1) is 13.2 Å². The van der Waals surface area contributed by atoms with Crippen molar-refractivity contribution in [1.82, 2.24) is 0 Å². The summed E-state index contributed by atoms with van der Waals surface area (Å²) in [6.07, 6.45) is 1.63. The molecule has 0 atom stereocenters. The predicted octanol–water partition coefficient (Wildman–Crippen LogP) is 2.98. The van der Waals surface area contributed by atoms with Gasteiger partial charge in [-0.15, -0.1) is 0 Å². The first-order valence-electron chi connectivity index (χ1n) is 6.49. The molecule has 98 valence electrons. The minimum Gasteiger partial charge on any atom is -0.395 e. The summed E-state index contributed by atoms with van der Waals surface area (Å²) in [6, 6.07) is 8.06. The molecule has 0 aliphatic heterocycles. The molecule has 0 spiro atoms. The molecule has 0 bridgehead atoms. The highest BCUT2D eigenvalue weighted by Crippen LogP contribution is 2.06. The van der Waals surface area contributed by atoms with E-state index in [0.29, 0.717) is 18.9 Å². The summed E-state index contributed by atoms with van der Waals surface area (Å²) >= 11 is 0. The van der Waals surface area contributed by atoms with E-state index in [4.69, 9.17) is 9.84 Å². The summed E-state index contributed by atoms with van der Waals surface area (Å²) in [7, 11) is 0. The van der Waals surface area contributed by atoms with Gasteiger partial charge >= 0.3 is 0 Å². The van der Waals surface area contributed by atoms with Gasteiger partial charge in [-0.1, -0.05) is 37.8 Å². The fourth-order valence-electron chi connectivity index (χ4n) is 1.41. The number of rotatable bonds is 6. The Labute approximate surface area is 110 Å². The zero-order valence-corrected chi connectivity index (χ0v) is 11.3. The summed E-state index contributed by atoms with van der Waals surface area (Å²) in [5, 5.41) is 8.63. The van der Waals surface area contributed by atoms with Crippen LogP contribution in [0, 0.1) is 17.8 Å². The van der Waals surface area contributed by atoms with Gasteiger partial charge in [-0.05, 0) is 30.0 Å². The van der Waals surface area contributed by atoms with Crippen LogP contribution in [0.1, 0.15) is 37.8 Å². The highest BCUT2D eigenvalue weighted by atomic mass is 16.5. The summed E-state index contributed by atoms with van der Waals surface area (Å²) in [5.74, 6) is 6.60. The quantitative estimate of drug-likeness (QED) is 0.617. The number of hydrogen-bond donors (Lipinski definition) is 1. The van der Waals surface area contributed by atoms with Gasteiger partial charge in [0.15, 0.2) is 0 Å². The zero-order valence-electron chi connectivity index (χ0n) is 11.3. The van der Waals surface area contributed by atoms with Gasteiger partial charge in [0.25, 0.3) is 0 Å². The maximum atomic E-state index is 8.63. The van der Waals surface area contributed by atoms with Crippen molar-refractivity contribution in [2.75, 3.05) is 13.2 Å². The largest absolute Gasteiger partial charge is 0.395 e. The Morgan fingerprint density at radius 3 is 2.56 bits per heavy atom.